The zero-order chi connectivity index (χ0) is 19.9. The molecule has 0 N–H and O–H groups in total. The lowest BCUT2D eigenvalue weighted by molar-refractivity contribution is -0.659. The molecule has 2 heteroatoms. The monoisotopic (exact) mass is 376 g/mol. The third-order valence-corrected chi connectivity index (χ3v) is 11.2. The van der Waals surface area contributed by atoms with E-state index in [9.17, 15) is 0 Å². The molecule has 0 aliphatic heterocycles. The second kappa shape index (κ2) is 7.24. The van der Waals surface area contributed by atoms with Gasteiger partial charge in [0.15, 0.2) is 6.20 Å². The average molecular weight is 377 g/mol. The first-order valence-electron chi connectivity index (χ1n) is 10.2. The summed E-state index contributed by atoms with van der Waals surface area (Å²) in [6, 6.07) is 16.4. The van der Waals surface area contributed by atoms with Gasteiger partial charge in [0.05, 0.1) is 13.5 Å². The molecule has 0 saturated heterocycles. The topological polar surface area (TPSA) is 3.88 Å². The van der Waals surface area contributed by atoms with E-state index >= 15 is 0 Å². The van der Waals surface area contributed by atoms with Gasteiger partial charge in [-0.05, 0) is 47.0 Å². The minimum atomic E-state index is -1.43. The van der Waals surface area contributed by atoms with Crippen molar-refractivity contribution < 1.29 is 4.57 Å². The molecule has 0 aliphatic rings. The van der Waals surface area contributed by atoms with Gasteiger partial charge in [0.2, 0.25) is 5.69 Å². The quantitative estimate of drug-likeness (QED) is 0.383. The van der Waals surface area contributed by atoms with E-state index in [2.05, 4.69) is 108 Å². The van der Waals surface area contributed by atoms with E-state index in [4.69, 9.17) is 0 Å². The molecule has 0 fully saturated rings. The normalized spacial score (nSPS) is 12.4. The molecule has 1 nitrogen and oxygen atoms in total. The molecule has 0 atom stereocenters. The van der Waals surface area contributed by atoms with Crippen molar-refractivity contribution in [3.63, 3.8) is 0 Å². The maximum atomic E-state index is 2.49. The van der Waals surface area contributed by atoms with Gasteiger partial charge in [0, 0.05) is 11.6 Å². The van der Waals surface area contributed by atoms with Crippen LogP contribution in [0.4, 0.5) is 0 Å². The first-order valence-corrected chi connectivity index (χ1v) is 13.2. The number of hydrogen-bond donors (Lipinski definition) is 0. The summed E-state index contributed by atoms with van der Waals surface area (Å²) in [6.07, 6.45) is 2.22. The van der Waals surface area contributed by atoms with Gasteiger partial charge in [-0.2, -0.15) is 0 Å². The standard InChI is InChI=1S/C25H34NSi/c1-17(2)20-10-9-19(5)24(16-20)25-23-12-11-22(27(7,8)18(3)4)15-21(23)13-14-26(25)6/h9-18H,1-8H3/q+1. The van der Waals surface area contributed by atoms with Gasteiger partial charge in [-0.25, -0.2) is 4.57 Å². The van der Waals surface area contributed by atoms with Crippen molar-refractivity contribution in [3.8, 4) is 11.3 Å². The molecule has 142 valence electrons. The third-order valence-electron chi connectivity index (χ3n) is 6.51. The van der Waals surface area contributed by atoms with Crippen molar-refractivity contribution >= 4 is 24.0 Å². The summed E-state index contributed by atoms with van der Waals surface area (Å²) in [5.41, 5.74) is 6.14. The van der Waals surface area contributed by atoms with Crippen LogP contribution in [0.5, 0.6) is 0 Å². The highest BCUT2D eigenvalue weighted by Gasteiger charge is 2.28. The van der Waals surface area contributed by atoms with Crippen LogP contribution in [0.25, 0.3) is 22.0 Å². The molecule has 3 aromatic rings. The SMILES string of the molecule is Cc1ccc(C(C)C)cc1-c1c2ccc([Si](C)(C)C(C)C)cc2cc[n+]1C. The molecule has 27 heavy (non-hydrogen) atoms. The molecule has 3 rings (SSSR count). The highest BCUT2D eigenvalue weighted by molar-refractivity contribution is 6.91. The summed E-state index contributed by atoms with van der Waals surface area (Å²) in [4.78, 5) is 0. The van der Waals surface area contributed by atoms with E-state index in [1.807, 2.05) is 0 Å². The van der Waals surface area contributed by atoms with E-state index in [0.717, 1.165) is 5.54 Å². The Hall–Kier alpha value is -1.93. The summed E-state index contributed by atoms with van der Waals surface area (Å²) >= 11 is 0. The van der Waals surface area contributed by atoms with Gasteiger partial charge in [0.1, 0.15) is 7.05 Å². The number of aromatic nitrogens is 1. The summed E-state index contributed by atoms with van der Waals surface area (Å²) in [5.74, 6) is 0.536. The van der Waals surface area contributed by atoms with Gasteiger partial charge in [0.25, 0.3) is 0 Å². The molecule has 0 radical (unpaired) electrons. The number of pyridine rings is 1. The minimum absolute atomic E-state index is 0.536. The largest absolute Gasteiger partial charge is 0.220 e. The second-order valence-electron chi connectivity index (χ2n) is 9.18. The number of rotatable bonds is 4. The molecule has 0 aliphatic carbocycles. The molecule has 0 unspecified atom stereocenters. The Balaban J connectivity index is 2.26. The highest BCUT2D eigenvalue weighted by atomic mass is 28.3. The molecule has 0 amide bonds. The van der Waals surface area contributed by atoms with Crippen molar-refractivity contribution in [1.29, 1.82) is 0 Å². The summed E-state index contributed by atoms with van der Waals surface area (Å²) in [7, 11) is 0.738. The van der Waals surface area contributed by atoms with Crippen molar-refractivity contribution in [1.82, 2.24) is 0 Å². The zero-order valence-electron chi connectivity index (χ0n) is 18.2. The Morgan fingerprint density at radius 1 is 0.889 bits per heavy atom. The Bertz CT molecular complexity index is 983. The Labute approximate surface area is 166 Å². The number of aryl methyl sites for hydroxylation is 2. The molecule has 2 aromatic carbocycles. The van der Waals surface area contributed by atoms with Crippen molar-refractivity contribution in [3.05, 3.63) is 59.8 Å². The summed E-state index contributed by atoms with van der Waals surface area (Å²) < 4.78 is 2.28. The Morgan fingerprint density at radius 2 is 1.59 bits per heavy atom. The summed E-state index contributed by atoms with van der Waals surface area (Å²) in [5, 5.41) is 4.26. The van der Waals surface area contributed by atoms with Gasteiger partial charge in [-0.15, -0.1) is 0 Å². The van der Waals surface area contributed by atoms with Gasteiger partial charge in [-0.1, -0.05) is 70.2 Å². The number of nitrogens with zero attached hydrogens (tertiary/aromatic N) is 1. The lowest BCUT2D eigenvalue weighted by Crippen LogP contribution is -2.44. The van der Waals surface area contributed by atoms with Crippen molar-refractivity contribution in [2.24, 2.45) is 7.05 Å². The van der Waals surface area contributed by atoms with Crippen LogP contribution in [0.1, 0.15) is 44.7 Å². The van der Waals surface area contributed by atoms with E-state index in [0.29, 0.717) is 5.92 Å². The maximum Gasteiger partial charge on any atom is 0.220 e. The molecule has 1 heterocycles. The van der Waals surface area contributed by atoms with E-state index in [1.54, 1.807) is 5.19 Å². The van der Waals surface area contributed by atoms with E-state index in [1.165, 1.54) is 33.2 Å². The summed E-state index contributed by atoms with van der Waals surface area (Å²) in [6.45, 7) is 16.5. The molecule has 0 spiro atoms. The van der Waals surface area contributed by atoms with Crippen molar-refractivity contribution in [2.75, 3.05) is 0 Å². The molecule has 1 aromatic heterocycles. The number of hydrogen-bond acceptors (Lipinski definition) is 0. The predicted molar refractivity (Wildman–Crippen MR) is 122 cm³/mol. The predicted octanol–water partition coefficient (Wildman–Crippen LogP) is 6.09. The number of benzene rings is 2. The average Bonchev–Trinajstić information content (AvgIpc) is 2.61. The van der Waals surface area contributed by atoms with Crippen molar-refractivity contribution in [2.45, 2.75) is 59.2 Å². The Kier molecular flexibility index (Phi) is 5.31. The van der Waals surface area contributed by atoms with Crippen LogP contribution < -0.4 is 9.75 Å². The zero-order valence-corrected chi connectivity index (χ0v) is 19.2. The first-order chi connectivity index (χ1) is 12.6. The van der Waals surface area contributed by atoms with Gasteiger partial charge in [-0.3, -0.25) is 0 Å². The van der Waals surface area contributed by atoms with Crippen LogP contribution in [0, 0.1) is 6.92 Å². The number of fused-ring (bicyclic) bond motifs is 1. The van der Waals surface area contributed by atoms with E-state index < -0.39 is 8.07 Å². The fourth-order valence-corrected chi connectivity index (χ4v) is 5.40. The molecule has 0 bridgehead atoms. The lowest BCUT2D eigenvalue weighted by Gasteiger charge is -2.27. The third kappa shape index (κ3) is 3.60. The van der Waals surface area contributed by atoms with E-state index in [-0.39, 0.29) is 0 Å². The van der Waals surface area contributed by atoms with Crippen LogP contribution in [0.2, 0.25) is 18.6 Å². The van der Waals surface area contributed by atoms with Crippen LogP contribution >= 0.6 is 0 Å². The smallest absolute Gasteiger partial charge is 0.200 e. The van der Waals surface area contributed by atoms with Crippen LogP contribution in [0.3, 0.4) is 0 Å². The fraction of sp³-hybridized carbons (Fsp3) is 0.400. The minimum Gasteiger partial charge on any atom is -0.200 e. The molecular weight excluding hydrogens is 342 g/mol. The highest BCUT2D eigenvalue weighted by Crippen LogP contribution is 2.31. The van der Waals surface area contributed by atoms with Crippen LogP contribution in [-0.4, -0.2) is 8.07 Å². The Morgan fingerprint density at radius 3 is 2.22 bits per heavy atom. The fourth-order valence-electron chi connectivity index (χ4n) is 3.70. The van der Waals surface area contributed by atoms with Crippen LogP contribution in [0.15, 0.2) is 48.7 Å². The lowest BCUT2D eigenvalue weighted by atomic mass is 9.94. The molecular formula is C25H34NSi+. The van der Waals surface area contributed by atoms with Gasteiger partial charge >= 0.3 is 0 Å². The maximum absolute atomic E-state index is 2.49. The van der Waals surface area contributed by atoms with Gasteiger partial charge < -0.3 is 0 Å². The second-order valence-corrected chi connectivity index (χ2v) is 14.4. The van der Waals surface area contributed by atoms with Crippen LogP contribution in [-0.2, 0) is 7.05 Å². The first kappa shape index (κ1) is 19.8. The molecule has 0 saturated carbocycles.